The minimum absolute atomic E-state index is 0.0809. The van der Waals surface area contributed by atoms with Gasteiger partial charge in [-0.1, -0.05) is 37.6 Å². The molecule has 0 saturated heterocycles. The Morgan fingerprint density at radius 3 is 2.30 bits per heavy atom. The second-order valence-corrected chi connectivity index (χ2v) is 6.05. The van der Waals surface area contributed by atoms with Gasteiger partial charge in [0.25, 0.3) is 11.4 Å². The monoisotopic (exact) mass is 332 g/mol. The second-order valence-electron chi connectivity index (χ2n) is 4.37. The Morgan fingerprint density at radius 2 is 1.95 bits per heavy atom. The van der Waals surface area contributed by atoms with Crippen molar-refractivity contribution in [3.63, 3.8) is 0 Å². The summed E-state index contributed by atoms with van der Waals surface area (Å²) in [5.74, 6) is -0.337. The molecule has 8 heteroatoms. The minimum Gasteiger partial charge on any atom is -0.389 e. The molecule has 0 aliphatic heterocycles. The summed E-state index contributed by atoms with van der Waals surface area (Å²) in [5, 5.41) is 16.3. The number of allylic oxidation sites excluding steroid dienone is 1. The van der Waals surface area contributed by atoms with Gasteiger partial charge in [0.1, 0.15) is 5.17 Å². The maximum Gasteiger partial charge on any atom is 0.278 e. The number of nitrogens with one attached hydrogen (secondary N) is 1. The Kier molecular flexibility index (Phi) is 8.50. The van der Waals surface area contributed by atoms with E-state index in [2.05, 4.69) is 0 Å². The highest BCUT2D eigenvalue weighted by Gasteiger charge is 2.30. The van der Waals surface area contributed by atoms with Crippen molar-refractivity contribution in [3.05, 3.63) is 23.8 Å². The third-order valence-corrected chi connectivity index (χ3v) is 3.63. The van der Waals surface area contributed by atoms with Gasteiger partial charge in [-0.2, -0.15) is 4.31 Å². The molecule has 2 unspecified atom stereocenters. The zero-order valence-corrected chi connectivity index (χ0v) is 13.2. The summed E-state index contributed by atoms with van der Waals surface area (Å²) in [4.78, 5) is 0. The van der Waals surface area contributed by atoms with E-state index < -0.39 is 17.5 Å². The van der Waals surface area contributed by atoms with Gasteiger partial charge in [0.05, 0.1) is 6.10 Å². The van der Waals surface area contributed by atoms with Crippen LogP contribution in [0.4, 0.5) is 11.7 Å². The fraction of sp³-hybridized carbons (Fsp3) is 0.583. The van der Waals surface area contributed by atoms with Gasteiger partial charge in [0, 0.05) is 13.1 Å². The highest BCUT2D eigenvalue weighted by Crippen LogP contribution is 2.56. The average molecular weight is 333 g/mol. The first-order valence-electron chi connectivity index (χ1n) is 6.07. The van der Waals surface area contributed by atoms with Crippen LogP contribution in [0.3, 0.4) is 0 Å². The van der Waals surface area contributed by atoms with Crippen LogP contribution in [0.25, 0.3) is 0 Å². The smallest absolute Gasteiger partial charge is 0.278 e. The highest BCUT2D eigenvalue weighted by atomic mass is 35.5. The van der Waals surface area contributed by atoms with Crippen molar-refractivity contribution in [2.45, 2.75) is 26.9 Å². The van der Waals surface area contributed by atoms with Crippen LogP contribution < -0.4 is 0 Å². The fourth-order valence-corrected chi connectivity index (χ4v) is 2.29. The maximum absolute atomic E-state index is 12.7. The lowest BCUT2D eigenvalue weighted by molar-refractivity contribution is 0.235. The average Bonchev–Trinajstić information content (AvgIpc) is 2.29. The predicted octanol–water partition coefficient (Wildman–Crippen LogP) is 4.40. The number of hydrogen-bond donors (Lipinski definition) is 2. The van der Waals surface area contributed by atoms with E-state index >= 15 is 0 Å². The fourth-order valence-electron chi connectivity index (χ4n) is 1.47. The van der Waals surface area contributed by atoms with Gasteiger partial charge in [-0.25, -0.2) is 0 Å². The summed E-state index contributed by atoms with van der Waals surface area (Å²) in [7, 11) is 0. The Labute approximate surface area is 124 Å². The normalized spacial score (nSPS) is 17.6. The molecule has 2 N–H and O–H groups in total. The number of nitrogens with zero attached hydrogens (tertiary/aromatic N) is 1. The van der Waals surface area contributed by atoms with E-state index in [1.54, 1.807) is 13.0 Å². The SMILES string of the molecule is CCN(CC(C)/C=C\C(=C/C(=N)Cl)C(C)O)S(F)(F)F. The molecule has 0 rings (SSSR count). The van der Waals surface area contributed by atoms with Gasteiger partial charge in [-0.05, 0) is 24.5 Å². The van der Waals surface area contributed by atoms with Crippen LogP contribution in [0.15, 0.2) is 23.8 Å². The number of aliphatic hydroxyl groups is 1. The quantitative estimate of drug-likeness (QED) is 0.511. The Bertz CT molecular complexity index is 383. The van der Waals surface area contributed by atoms with E-state index in [4.69, 9.17) is 17.0 Å². The van der Waals surface area contributed by atoms with Gasteiger partial charge in [0.15, 0.2) is 0 Å². The third kappa shape index (κ3) is 7.94. The van der Waals surface area contributed by atoms with Crippen molar-refractivity contribution < 1.29 is 16.8 Å². The summed E-state index contributed by atoms with van der Waals surface area (Å²) < 4.78 is 38.5. The molecule has 0 bridgehead atoms. The van der Waals surface area contributed by atoms with Crippen LogP contribution in [0, 0.1) is 11.3 Å². The Hall–Kier alpha value is -0.500. The second kappa shape index (κ2) is 8.71. The number of halogens is 4. The number of aliphatic hydroxyl groups excluding tert-OH is 1. The topological polar surface area (TPSA) is 47.3 Å². The molecule has 118 valence electrons. The van der Waals surface area contributed by atoms with E-state index in [1.807, 2.05) is 0 Å². The van der Waals surface area contributed by atoms with Crippen LogP contribution in [0.2, 0.25) is 0 Å². The van der Waals surface area contributed by atoms with Gasteiger partial charge in [-0.3, -0.25) is 5.41 Å². The Morgan fingerprint density at radius 1 is 1.40 bits per heavy atom. The lowest BCUT2D eigenvalue weighted by Crippen LogP contribution is -2.25. The molecule has 0 aromatic carbocycles. The zero-order valence-electron chi connectivity index (χ0n) is 11.6. The van der Waals surface area contributed by atoms with Crippen LogP contribution >= 0.6 is 23.0 Å². The Balaban J connectivity index is 4.77. The molecule has 0 aromatic rings. The summed E-state index contributed by atoms with van der Waals surface area (Å²) in [6, 6.07) is 0. The number of hydrogen-bond acceptors (Lipinski definition) is 3. The highest BCUT2D eigenvalue weighted by molar-refractivity contribution is 8.18. The van der Waals surface area contributed by atoms with Crippen molar-refractivity contribution in [1.82, 2.24) is 4.31 Å². The van der Waals surface area contributed by atoms with Gasteiger partial charge >= 0.3 is 0 Å². The molecule has 0 fully saturated rings. The van der Waals surface area contributed by atoms with Crippen LogP contribution in [-0.2, 0) is 0 Å². The van der Waals surface area contributed by atoms with Crippen LogP contribution in [-0.4, -0.2) is 33.8 Å². The predicted molar refractivity (Wildman–Crippen MR) is 79.8 cm³/mol. The van der Waals surface area contributed by atoms with E-state index in [1.165, 1.54) is 26.0 Å². The minimum atomic E-state index is -5.20. The van der Waals surface area contributed by atoms with Gasteiger partial charge in [-0.15, -0.1) is 11.7 Å². The first-order valence-corrected chi connectivity index (χ1v) is 7.74. The molecule has 0 spiro atoms. The van der Waals surface area contributed by atoms with Gasteiger partial charge < -0.3 is 5.11 Å². The molecule has 0 radical (unpaired) electrons. The first kappa shape index (κ1) is 19.5. The first-order chi connectivity index (χ1) is 9.07. The molecule has 0 aliphatic carbocycles. The van der Waals surface area contributed by atoms with Gasteiger partial charge in [0.2, 0.25) is 0 Å². The van der Waals surface area contributed by atoms with Crippen molar-refractivity contribution >= 4 is 28.1 Å². The molecule has 0 heterocycles. The molecular weight excluding hydrogens is 313 g/mol. The lowest BCUT2D eigenvalue weighted by atomic mass is 10.1. The molecule has 20 heavy (non-hydrogen) atoms. The van der Waals surface area contributed by atoms with Crippen molar-refractivity contribution in [2.75, 3.05) is 13.1 Å². The molecule has 2 atom stereocenters. The summed E-state index contributed by atoms with van der Waals surface area (Å²) in [6.45, 7) is 4.42. The summed E-state index contributed by atoms with van der Waals surface area (Å²) in [5.41, 5.74) is 0.388. The lowest BCUT2D eigenvalue weighted by Gasteiger charge is -2.27. The third-order valence-electron chi connectivity index (χ3n) is 2.53. The number of rotatable bonds is 8. The van der Waals surface area contributed by atoms with Crippen molar-refractivity contribution in [2.24, 2.45) is 5.92 Å². The maximum atomic E-state index is 12.7. The zero-order chi connectivity index (χ0) is 15.9. The largest absolute Gasteiger partial charge is 0.389 e. The van der Waals surface area contributed by atoms with Crippen LogP contribution in [0.5, 0.6) is 0 Å². The van der Waals surface area contributed by atoms with E-state index in [0.717, 1.165) is 0 Å². The molecule has 0 amide bonds. The van der Waals surface area contributed by atoms with E-state index in [0.29, 0.717) is 9.88 Å². The van der Waals surface area contributed by atoms with E-state index in [-0.39, 0.29) is 24.2 Å². The molecule has 3 nitrogen and oxygen atoms in total. The standard InChI is InChI=1S/C12H20ClF3N2OS/c1-4-18(20(14,15)16)8-9(2)5-6-11(10(3)19)7-12(13)17/h5-7,9-10,17,19H,4,8H2,1-3H3/b6-5-,11-7+,17-12?. The van der Waals surface area contributed by atoms with Crippen molar-refractivity contribution in [3.8, 4) is 0 Å². The molecule has 0 aromatic heterocycles. The summed E-state index contributed by atoms with van der Waals surface area (Å²) in [6.07, 6.45) is 3.51. The van der Waals surface area contributed by atoms with E-state index in [9.17, 15) is 16.8 Å². The molecule has 0 aliphatic rings. The van der Waals surface area contributed by atoms with Crippen LogP contribution in [0.1, 0.15) is 20.8 Å². The molecular formula is C12H20ClF3N2OS. The molecule has 0 saturated carbocycles. The van der Waals surface area contributed by atoms with Crippen molar-refractivity contribution in [1.29, 1.82) is 5.41 Å². The summed E-state index contributed by atoms with van der Waals surface area (Å²) >= 11 is 0.203.